The molecule has 3 aromatic carbocycles. The summed E-state index contributed by atoms with van der Waals surface area (Å²) < 4.78 is 33.3. The number of rotatable bonds is 7. The maximum atomic E-state index is 13.4. The molecule has 1 aliphatic rings. The number of anilines is 1. The zero-order valence-corrected chi connectivity index (χ0v) is 21.7. The average Bonchev–Trinajstić information content (AvgIpc) is 2.89. The minimum atomic E-state index is -3.96. The van der Waals surface area contributed by atoms with Crippen molar-refractivity contribution in [3.05, 3.63) is 87.9 Å². The first kappa shape index (κ1) is 26.2. The highest BCUT2D eigenvalue weighted by atomic mass is 35.5. The van der Waals surface area contributed by atoms with E-state index >= 15 is 0 Å². The van der Waals surface area contributed by atoms with Crippen LogP contribution in [0.25, 0.3) is 0 Å². The maximum Gasteiger partial charge on any atom is 0.246 e. The van der Waals surface area contributed by atoms with E-state index in [9.17, 15) is 18.0 Å². The van der Waals surface area contributed by atoms with Crippen molar-refractivity contribution in [2.75, 3.05) is 25.5 Å². The Morgan fingerprint density at radius 2 is 1.69 bits per heavy atom. The number of carbonyl (C=O) groups is 2. The lowest BCUT2D eigenvalue weighted by molar-refractivity contribution is -0.120. The van der Waals surface area contributed by atoms with E-state index in [1.54, 1.807) is 48.5 Å². The molecule has 0 bridgehead atoms. The number of piperidine rings is 1. The van der Waals surface area contributed by atoms with Gasteiger partial charge in [0.1, 0.15) is 10.6 Å². The predicted octanol–water partition coefficient (Wildman–Crippen LogP) is 5.27. The Labute approximate surface area is 220 Å². The van der Waals surface area contributed by atoms with E-state index in [-0.39, 0.29) is 46.0 Å². The van der Waals surface area contributed by atoms with Gasteiger partial charge >= 0.3 is 0 Å². The first-order chi connectivity index (χ1) is 17.2. The van der Waals surface area contributed by atoms with E-state index in [2.05, 4.69) is 5.32 Å². The lowest BCUT2D eigenvalue weighted by atomic mass is 9.97. The third-order valence-electron chi connectivity index (χ3n) is 6.02. The Morgan fingerprint density at radius 1 is 1.00 bits per heavy atom. The lowest BCUT2D eigenvalue weighted by Gasteiger charge is -2.31. The molecule has 1 saturated heterocycles. The summed E-state index contributed by atoms with van der Waals surface area (Å²) in [5.74, 6) is -1.10. The monoisotopic (exact) mass is 546 g/mol. The summed E-state index contributed by atoms with van der Waals surface area (Å²) in [6, 6.07) is 17.7. The van der Waals surface area contributed by atoms with Gasteiger partial charge < -0.3 is 10.1 Å². The molecule has 4 rings (SSSR count). The average molecular weight is 547 g/mol. The van der Waals surface area contributed by atoms with Crippen LogP contribution in [0.3, 0.4) is 0 Å². The Balaban J connectivity index is 1.56. The van der Waals surface area contributed by atoms with Gasteiger partial charge in [-0.1, -0.05) is 53.5 Å². The van der Waals surface area contributed by atoms with Gasteiger partial charge in [-0.25, -0.2) is 8.42 Å². The number of amides is 1. The number of nitrogens with one attached hydrogen (secondary N) is 1. The van der Waals surface area contributed by atoms with Gasteiger partial charge in [0.05, 0.1) is 18.7 Å². The Morgan fingerprint density at radius 3 is 2.42 bits per heavy atom. The van der Waals surface area contributed by atoms with Crippen molar-refractivity contribution < 1.29 is 22.7 Å². The zero-order valence-electron chi connectivity index (χ0n) is 19.4. The van der Waals surface area contributed by atoms with Crippen molar-refractivity contribution >= 4 is 50.6 Å². The molecule has 1 aliphatic heterocycles. The smallest absolute Gasteiger partial charge is 0.246 e. The van der Waals surface area contributed by atoms with Crippen LogP contribution < -0.4 is 10.1 Å². The minimum absolute atomic E-state index is 0.0145. The summed E-state index contributed by atoms with van der Waals surface area (Å²) in [5, 5.41) is 3.44. The fourth-order valence-electron chi connectivity index (χ4n) is 4.16. The minimum Gasteiger partial charge on any atom is -0.495 e. The molecular formula is C26H24Cl2N2O5S. The molecule has 1 amide bonds. The molecule has 36 heavy (non-hydrogen) atoms. The molecule has 0 saturated carbocycles. The number of halogens is 2. The van der Waals surface area contributed by atoms with Gasteiger partial charge in [-0.3, -0.25) is 9.59 Å². The molecule has 0 aromatic heterocycles. The van der Waals surface area contributed by atoms with E-state index in [4.69, 9.17) is 27.9 Å². The second kappa shape index (κ2) is 11.0. The molecule has 0 aliphatic carbocycles. The summed E-state index contributed by atoms with van der Waals surface area (Å²) >= 11 is 12.2. The molecule has 1 atom stereocenters. The number of carbonyl (C=O) groups excluding carboxylic acids is 2. The van der Waals surface area contributed by atoms with E-state index in [0.717, 1.165) is 0 Å². The van der Waals surface area contributed by atoms with Gasteiger partial charge in [-0.2, -0.15) is 4.31 Å². The highest BCUT2D eigenvalue weighted by Crippen LogP contribution is 2.32. The summed E-state index contributed by atoms with van der Waals surface area (Å²) in [5.41, 5.74) is 1.03. The van der Waals surface area contributed by atoms with Crippen molar-refractivity contribution in [3.63, 3.8) is 0 Å². The van der Waals surface area contributed by atoms with Crippen LogP contribution in [0.2, 0.25) is 10.0 Å². The highest BCUT2D eigenvalue weighted by Gasteiger charge is 2.35. The molecule has 0 spiro atoms. The third-order valence-corrected chi connectivity index (χ3v) is 8.38. The van der Waals surface area contributed by atoms with E-state index in [1.807, 2.05) is 0 Å². The molecule has 1 heterocycles. The molecule has 7 nitrogen and oxygen atoms in total. The fraction of sp³-hybridized carbons (Fsp3) is 0.231. The first-order valence-corrected chi connectivity index (χ1v) is 13.4. The van der Waals surface area contributed by atoms with Crippen molar-refractivity contribution in [3.8, 4) is 5.75 Å². The Bertz CT molecular complexity index is 1400. The van der Waals surface area contributed by atoms with Gasteiger partial charge in [0.2, 0.25) is 15.9 Å². The van der Waals surface area contributed by atoms with Crippen LogP contribution in [0, 0.1) is 5.92 Å². The van der Waals surface area contributed by atoms with Crippen LogP contribution in [0.5, 0.6) is 5.75 Å². The van der Waals surface area contributed by atoms with Gasteiger partial charge in [0.25, 0.3) is 0 Å². The van der Waals surface area contributed by atoms with Crippen molar-refractivity contribution in [2.24, 2.45) is 5.92 Å². The number of hydrogen-bond donors (Lipinski definition) is 1. The first-order valence-electron chi connectivity index (χ1n) is 11.2. The van der Waals surface area contributed by atoms with Crippen molar-refractivity contribution in [1.82, 2.24) is 4.31 Å². The van der Waals surface area contributed by atoms with Gasteiger partial charge in [-0.15, -0.1) is 0 Å². The van der Waals surface area contributed by atoms with Crippen molar-refractivity contribution in [2.45, 2.75) is 17.7 Å². The summed E-state index contributed by atoms with van der Waals surface area (Å²) in [4.78, 5) is 26.3. The summed E-state index contributed by atoms with van der Waals surface area (Å²) in [6.07, 6.45) is 0.997. The maximum absolute atomic E-state index is 13.4. The van der Waals surface area contributed by atoms with Crippen LogP contribution in [-0.2, 0) is 14.8 Å². The van der Waals surface area contributed by atoms with Crippen LogP contribution in [-0.4, -0.2) is 44.6 Å². The Kier molecular flexibility index (Phi) is 8.00. The second-order valence-electron chi connectivity index (χ2n) is 8.37. The molecule has 1 N–H and O–H groups in total. The molecule has 188 valence electrons. The van der Waals surface area contributed by atoms with Gasteiger partial charge in [0.15, 0.2) is 5.78 Å². The van der Waals surface area contributed by atoms with Crippen LogP contribution in [0.1, 0.15) is 28.8 Å². The number of sulfonamides is 1. The van der Waals surface area contributed by atoms with Crippen LogP contribution in [0.15, 0.2) is 71.6 Å². The Hall–Kier alpha value is -2.91. The van der Waals surface area contributed by atoms with Gasteiger partial charge in [0, 0.05) is 34.3 Å². The normalized spacial score (nSPS) is 16.4. The number of ketones is 1. The van der Waals surface area contributed by atoms with Crippen LogP contribution in [0.4, 0.5) is 5.69 Å². The SMILES string of the molecule is COc1ccc(Cl)cc1S(=O)(=O)N1CCC[C@H](C(=O)Nc2ccc(Cl)cc2C(=O)c2ccccc2)C1. The number of benzene rings is 3. The molecule has 1 fully saturated rings. The number of methoxy groups -OCH3 is 1. The highest BCUT2D eigenvalue weighted by molar-refractivity contribution is 7.89. The number of ether oxygens (including phenoxy) is 1. The van der Waals surface area contributed by atoms with Gasteiger partial charge in [-0.05, 0) is 49.2 Å². The third kappa shape index (κ3) is 5.57. The second-order valence-corrected chi connectivity index (χ2v) is 11.2. The van der Waals surface area contributed by atoms with E-state index in [0.29, 0.717) is 29.1 Å². The van der Waals surface area contributed by atoms with Crippen molar-refractivity contribution in [1.29, 1.82) is 0 Å². The standard InChI is InChI=1S/C26H24Cl2N2O5S/c1-35-23-12-10-20(28)15-24(23)36(33,34)30-13-5-8-18(16-30)26(32)29-22-11-9-19(27)14-21(22)25(31)17-6-3-2-4-7-17/h2-4,6-7,9-12,14-15,18H,5,8,13,16H2,1H3,(H,29,32)/t18-/m0/s1. The quantitative estimate of drug-likeness (QED) is 0.407. The largest absolute Gasteiger partial charge is 0.495 e. The molecule has 10 heteroatoms. The summed E-state index contributed by atoms with van der Waals surface area (Å²) in [7, 11) is -2.57. The predicted molar refractivity (Wildman–Crippen MR) is 139 cm³/mol. The number of nitrogens with zero attached hydrogens (tertiary/aromatic N) is 1. The topological polar surface area (TPSA) is 92.8 Å². The lowest BCUT2D eigenvalue weighted by Crippen LogP contribution is -2.43. The molecule has 3 aromatic rings. The summed E-state index contributed by atoms with van der Waals surface area (Å²) in [6.45, 7) is 0.250. The van der Waals surface area contributed by atoms with E-state index < -0.39 is 15.9 Å². The molecular weight excluding hydrogens is 523 g/mol. The molecule has 0 radical (unpaired) electrons. The van der Waals surface area contributed by atoms with E-state index in [1.165, 1.54) is 29.6 Å². The number of hydrogen-bond acceptors (Lipinski definition) is 5. The zero-order chi connectivity index (χ0) is 25.9. The fourth-order valence-corrected chi connectivity index (χ4v) is 6.27. The van der Waals surface area contributed by atoms with Crippen LogP contribution >= 0.6 is 23.2 Å². The molecule has 0 unspecified atom stereocenters.